The first kappa shape index (κ1) is 21.3. The summed E-state index contributed by atoms with van der Waals surface area (Å²) in [4.78, 5) is 34.8. The number of ether oxygens (including phenoxy) is 1. The van der Waals surface area contributed by atoms with Gasteiger partial charge in [-0.15, -0.1) is 11.8 Å². The minimum absolute atomic E-state index is 0.347. The van der Waals surface area contributed by atoms with Crippen LogP contribution < -0.4 is 10.1 Å². The highest BCUT2D eigenvalue weighted by Crippen LogP contribution is 2.23. The molecule has 0 heterocycles. The molecule has 0 saturated heterocycles. The lowest BCUT2D eigenvalue weighted by Gasteiger charge is -2.18. The number of thioether (sulfide) groups is 1. The minimum atomic E-state index is -1.98. The number of carboxylic acids is 2. The van der Waals surface area contributed by atoms with Crippen molar-refractivity contribution in [1.29, 1.82) is 0 Å². The van der Waals surface area contributed by atoms with E-state index in [-0.39, 0.29) is 0 Å². The Balaban J connectivity index is 2.12. The Kier molecular flexibility index (Phi) is 7.88. The number of nitrogens with one attached hydrogen (secondary N) is 1. The normalized spacial score (nSPS) is 11.6. The van der Waals surface area contributed by atoms with Crippen LogP contribution in [0.1, 0.15) is 11.1 Å². The molecular weight excluding hydrogens is 382 g/mol. The summed E-state index contributed by atoms with van der Waals surface area (Å²) >= 11 is 1.32. The van der Waals surface area contributed by atoms with Crippen LogP contribution in [0.2, 0.25) is 0 Å². The van der Waals surface area contributed by atoms with E-state index in [9.17, 15) is 14.4 Å². The Morgan fingerprint density at radius 2 is 1.57 bits per heavy atom. The van der Waals surface area contributed by atoms with Gasteiger partial charge in [-0.3, -0.25) is 4.79 Å². The third kappa shape index (κ3) is 6.31. The smallest absolute Gasteiger partial charge is 0.338 e. The van der Waals surface area contributed by atoms with Crippen molar-refractivity contribution in [3.05, 3.63) is 65.7 Å². The molecule has 0 aromatic heterocycles. The van der Waals surface area contributed by atoms with Gasteiger partial charge >= 0.3 is 11.9 Å². The van der Waals surface area contributed by atoms with Crippen LogP contribution in [0, 0.1) is 0 Å². The van der Waals surface area contributed by atoms with Crippen LogP contribution >= 0.6 is 11.8 Å². The van der Waals surface area contributed by atoms with Gasteiger partial charge in [0.25, 0.3) is 0 Å². The van der Waals surface area contributed by atoms with E-state index in [4.69, 9.17) is 14.9 Å². The van der Waals surface area contributed by atoms with Crippen molar-refractivity contribution >= 4 is 29.6 Å². The number of carboxylic acid groups (broad SMARTS) is 2. The van der Waals surface area contributed by atoms with Gasteiger partial charge in [0.15, 0.2) is 0 Å². The molecule has 2 aromatic rings. The second kappa shape index (κ2) is 10.4. The molecule has 148 valence electrons. The molecule has 0 saturated carbocycles. The van der Waals surface area contributed by atoms with Gasteiger partial charge in [0.1, 0.15) is 5.75 Å². The molecule has 1 atom stereocenters. The second-order valence-corrected chi connectivity index (χ2v) is 7.15. The summed E-state index contributed by atoms with van der Waals surface area (Å²) in [6.07, 6.45) is 0.347. The molecule has 0 spiro atoms. The van der Waals surface area contributed by atoms with E-state index >= 15 is 0 Å². The largest absolute Gasteiger partial charge is 0.497 e. The van der Waals surface area contributed by atoms with E-state index in [1.807, 2.05) is 54.6 Å². The number of carbonyl (C=O) groups excluding carboxylic acids is 1. The maximum atomic E-state index is 12.6. The van der Waals surface area contributed by atoms with Crippen LogP contribution in [0.3, 0.4) is 0 Å². The molecule has 0 fully saturated rings. The quantitative estimate of drug-likeness (QED) is 0.521. The van der Waals surface area contributed by atoms with Gasteiger partial charge in [0.2, 0.25) is 11.9 Å². The molecule has 0 aliphatic rings. The number of benzene rings is 2. The standard InChI is InChI=1S/C20H21NO6S/c1-27-15-9-7-14(8-10-15)12-28-16(11-13-5-3-2-4-6-13)18(22)21-17(19(23)24)20(25)26/h2-10,16-17H,11-12H2,1H3,(H,21,22)(H,23,24)(H,25,26)/t16-/m0/s1. The first-order chi connectivity index (χ1) is 13.4. The first-order valence-electron chi connectivity index (χ1n) is 8.45. The molecule has 3 N–H and O–H groups in total. The van der Waals surface area contributed by atoms with Gasteiger partial charge in [-0.25, -0.2) is 9.59 Å². The maximum Gasteiger partial charge on any atom is 0.338 e. The Morgan fingerprint density at radius 1 is 0.964 bits per heavy atom. The molecule has 7 nitrogen and oxygen atoms in total. The third-order valence-corrected chi connectivity index (χ3v) is 5.23. The molecular formula is C20H21NO6S. The lowest BCUT2D eigenvalue weighted by atomic mass is 10.1. The lowest BCUT2D eigenvalue weighted by molar-refractivity contribution is -0.153. The van der Waals surface area contributed by atoms with Gasteiger partial charge in [0, 0.05) is 5.75 Å². The summed E-state index contributed by atoms with van der Waals surface area (Å²) in [6.45, 7) is 0. The van der Waals surface area contributed by atoms with Crippen molar-refractivity contribution in [3.63, 3.8) is 0 Å². The molecule has 1 amide bonds. The highest BCUT2D eigenvalue weighted by Gasteiger charge is 2.31. The molecule has 28 heavy (non-hydrogen) atoms. The fourth-order valence-electron chi connectivity index (χ4n) is 2.44. The van der Waals surface area contributed by atoms with E-state index in [2.05, 4.69) is 5.32 Å². The summed E-state index contributed by atoms with van der Waals surface area (Å²) < 4.78 is 5.12. The number of carbonyl (C=O) groups is 3. The van der Waals surface area contributed by atoms with E-state index in [0.717, 1.165) is 16.9 Å². The molecule has 8 heteroatoms. The van der Waals surface area contributed by atoms with Crippen molar-refractivity contribution in [2.75, 3.05) is 7.11 Å². The first-order valence-corrected chi connectivity index (χ1v) is 9.50. The highest BCUT2D eigenvalue weighted by atomic mass is 32.2. The molecule has 0 aliphatic heterocycles. The Morgan fingerprint density at radius 3 is 2.11 bits per heavy atom. The maximum absolute atomic E-state index is 12.6. The molecule has 0 bridgehead atoms. The van der Waals surface area contributed by atoms with E-state index < -0.39 is 29.1 Å². The summed E-state index contributed by atoms with van der Waals surface area (Å²) in [7, 11) is 1.57. The Hall–Kier alpha value is -3.00. The van der Waals surface area contributed by atoms with Crippen molar-refractivity contribution in [2.24, 2.45) is 0 Å². The van der Waals surface area contributed by atoms with Crippen molar-refractivity contribution in [3.8, 4) is 5.75 Å². The van der Waals surface area contributed by atoms with Crippen LogP contribution in [-0.2, 0) is 26.6 Å². The predicted octanol–water partition coefficient (Wildman–Crippen LogP) is 2.19. The fraction of sp³-hybridized carbons (Fsp3) is 0.250. The predicted molar refractivity (Wildman–Crippen MR) is 105 cm³/mol. The summed E-state index contributed by atoms with van der Waals surface area (Å²) in [5.74, 6) is -2.63. The van der Waals surface area contributed by atoms with Gasteiger partial charge in [-0.1, -0.05) is 42.5 Å². The average molecular weight is 403 g/mol. The van der Waals surface area contributed by atoms with Gasteiger partial charge < -0.3 is 20.3 Å². The minimum Gasteiger partial charge on any atom is -0.497 e. The van der Waals surface area contributed by atoms with E-state index in [1.165, 1.54) is 11.8 Å². The van der Waals surface area contributed by atoms with Crippen LogP contribution in [0.25, 0.3) is 0 Å². The third-order valence-electron chi connectivity index (χ3n) is 3.95. The zero-order valence-corrected chi connectivity index (χ0v) is 16.0. The number of hydrogen-bond acceptors (Lipinski definition) is 5. The summed E-state index contributed by atoms with van der Waals surface area (Å²) in [5.41, 5.74) is 1.86. The van der Waals surface area contributed by atoms with Crippen LogP contribution in [0.5, 0.6) is 5.75 Å². The van der Waals surface area contributed by atoms with Crippen LogP contribution in [-0.4, -0.2) is 46.5 Å². The number of rotatable bonds is 10. The number of methoxy groups -OCH3 is 1. The molecule has 2 rings (SSSR count). The van der Waals surface area contributed by atoms with Crippen LogP contribution in [0.15, 0.2) is 54.6 Å². The summed E-state index contributed by atoms with van der Waals surface area (Å²) in [6, 6.07) is 14.7. The van der Waals surface area contributed by atoms with Crippen molar-refractivity contribution in [1.82, 2.24) is 5.32 Å². The van der Waals surface area contributed by atoms with E-state index in [0.29, 0.717) is 12.2 Å². The summed E-state index contributed by atoms with van der Waals surface area (Å²) in [5, 5.41) is 19.5. The average Bonchev–Trinajstić information content (AvgIpc) is 2.69. The molecule has 2 aromatic carbocycles. The lowest BCUT2D eigenvalue weighted by Crippen LogP contribution is -2.49. The fourth-order valence-corrected chi connectivity index (χ4v) is 3.55. The monoisotopic (exact) mass is 403 g/mol. The Labute approximate surface area is 166 Å². The zero-order chi connectivity index (χ0) is 20.5. The Bertz CT molecular complexity index is 795. The zero-order valence-electron chi connectivity index (χ0n) is 15.2. The second-order valence-electron chi connectivity index (χ2n) is 5.96. The van der Waals surface area contributed by atoms with Gasteiger partial charge in [-0.05, 0) is 29.7 Å². The number of aliphatic carboxylic acids is 2. The molecule has 0 radical (unpaired) electrons. The van der Waals surface area contributed by atoms with Crippen molar-refractivity contribution < 1.29 is 29.3 Å². The molecule has 0 unspecified atom stereocenters. The van der Waals surface area contributed by atoms with Gasteiger partial charge in [0.05, 0.1) is 12.4 Å². The number of hydrogen-bond donors (Lipinski definition) is 3. The van der Waals surface area contributed by atoms with Crippen molar-refractivity contribution in [2.45, 2.75) is 23.5 Å². The highest BCUT2D eigenvalue weighted by molar-refractivity contribution is 7.99. The van der Waals surface area contributed by atoms with Gasteiger partial charge in [-0.2, -0.15) is 0 Å². The molecule has 0 aliphatic carbocycles. The number of amides is 1. The topological polar surface area (TPSA) is 113 Å². The SMILES string of the molecule is COc1ccc(CS[C@@H](Cc2ccccc2)C(=O)NC(C(=O)O)C(=O)O)cc1. The van der Waals surface area contributed by atoms with Crippen LogP contribution in [0.4, 0.5) is 0 Å². The van der Waals surface area contributed by atoms with E-state index in [1.54, 1.807) is 7.11 Å².